The number of benzene rings is 2. The zero-order valence-electron chi connectivity index (χ0n) is 14.4. The molecule has 0 aliphatic carbocycles. The van der Waals surface area contributed by atoms with Crippen molar-refractivity contribution in [1.29, 1.82) is 0 Å². The highest BCUT2D eigenvalue weighted by atomic mass is 32.2. The zero-order chi connectivity index (χ0) is 17.5. The summed E-state index contributed by atoms with van der Waals surface area (Å²) >= 11 is 1.94. The second kappa shape index (κ2) is 9.07. The Balaban J connectivity index is 1.61. The maximum Gasteiger partial charge on any atom is 0.307 e. The Morgan fingerprint density at radius 3 is 2.24 bits per heavy atom. The first-order valence-corrected chi connectivity index (χ1v) is 9.95. The van der Waals surface area contributed by atoms with E-state index in [0.29, 0.717) is 11.8 Å². The summed E-state index contributed by atoms with van der Waals surface area (Å²) in [5, 5.41) is 9.56. The van der Waals surface area contributed by atoms with Crippen LogP contribution in [-0.4, -0.2) is 41.4 Å². The molecule has 0 amide bonds. The minimum atomic E-state index is -0.649. The lowest BCUT2D eigenvalue weighted by molar-refractivity contribution is -0.143. The summed E-state index contributed by atoms with van der Waals surface area (Å²) in [5.74, 6) is 0.155. The van der Waals surface area contributed by atoms with Crippen molar-refractivity contribution in [2.45, 2.75) is 18.1 Å². The predicted molar refractivity (Wildman–Crippen MR) is 104 cm³/mol. The molecule has 1 N–H and O–H groups in total. The maximum absolute atomic E-state index is 11.2. The lowest BCUT2D eigenvalue weighted by Gasteiger charge is -2.31. The molecule has 4 heteroatoms. The molecule has 1 aliphatic rings. The number of carboxylic acids is 1. The number of hydrogen-bond acceptors (Lipinski definition) is 3. The number of likely N-dealkylation sites (tertiary alicyclic amines) is 1. The average Bonchev–Trinajstić information content (AvgIpc) is 2.67. The topological polar surface area (TPSA) is 40.5 Å². The molecule has 0 spiro atoms. The molecule has 2 aromatic rings. The highest BCUT2D eigenvalue weighted by Gasteiger charge is 2.25. The Hall–Kier alpha value is -1.78. The Kier molecular flexibility index (Phi) is 6.54. The van der Waals surface area contributed by atoms with Gasteiger partial charge in [0, 0.05) is 18.8 Å². The molecule has 1 saturated heterocycles. The fourth-order valence-corrected chi connectivity index (χ4v) is 4.70. The van der Waals surface area contributed by atoms with Crippen LogP contribution in [0.3, 0.4) is 0 Å². The van der Waals surface area contributed by atoms with Gasteiger partial charge in [0.2, 0.25) is 0 Å². The molecule has 0 saturated carbocycles. The van der Waals surface area contributed by atoms with Gasteiger partial charge in [-0.2, -0.15) is 0 Å². The summed E-state index contributed by atoms with van der Waals surface area (Å²) in [6, 6.07) is 21.2. The van der Waals surface area contributed by atoms with E-state index in [9.17, 15) is 9.90 Å². The Bertz CT molecular complexity index is 623. The molecule has 25 heavy (non-hydrogen) atoms. The number of carbonyl (C=O) groups is 1. The van der Waals surface area contributed by atoms with Gasteiger partial charge in [-0.1, -0.05) is 60.7 Å². The number of thioether (sulfide) groups is 1. The molecule has 1 heterocycles. The third kappa shape index (κ3) is 5.10. The molecule has 0 bridgehead atoms. The summed E-state index contributed by atoms with van der Waals surface area (Å²) in [6.07, 6.45) is 1.80. The van der Waals surface area contributed by atoms with Crippen molar-refractivity contribution in [3.05, 3.63) is 71.8 Å². The summed E-state index contributed by atoms with van der Waals surface area (Å²) in [7, 11) is 0. The van der Waals surface area contributed by atoms with Crippen molar-refractivity contribution < 1.29 is 9.90 Å². The summed E-state index contributed by atoms with van der Waals surface area (Å²) < 4.78 is 0. The largest absolute Gasteiger partial charge is 0.481 e. The van der Waals surface area contributed by atoms with E-state index in [1.807, 2.05) is 11.8 Å². The van der Waals surface area contributed by atoms with Crippen molar-refractivity contribution >= 4 is 17.7 Å². The molecule has 1 aliphatic heterocycles. The normalized spacial score (nSPS) is 18.4. The predicted octanol–water partition coefficient (Wildman–Crippen LogP) is 4.31. The van der Waals surface area contributed by atoms with E-state index in [4.69, 9.17) is 0 Å². The van der Waals surface area contributed by atoms with Gasteiger partial charge in [-0.15, -0.1) is 11.8 Å². The Labute approximate surface area is 154 Å². The SMILES string of the molecule is O=C(O)[C@@H]1CCCN(CCSC(c2ccccc2)c2ccccc2)C1. The van der Waals surface area contributed by atoms with E-state index in [1.165, 1.54) is 11.1 Å². The van der Waals surface area contributed by atoms with Crippen LogP contribution in [0.5, 0.6) is 0 Å². The summed E-state index contributed by atoms with van der Waals surface area (Å²) in [5.41, 5.74) is 2.64. The molecule has 3 nitrogen and oxygen atoms in total. The monoisotopic (exact) mass is 355 g/mol. The molecule has 132 valence electrons. The third-order valence-corrected chi connectivity index (χ3v) is 6.05. The maximum atomic E-state index is 11.2. The number of nitrogens with zero attached hydrogens (tertiary/aromatic N) is 1. The first kappa shape index (κ1) is 18.0. The van der Waals surface area contributed by atoms with Crippen molar-refractivity contribution in [2.24, 2.45) is 5.92 Å². The van der Waals surface area contributed by atoms with Crippen molar-refractivity contribution in [3.63, 3.8) is 0 Å². The summed E-state index contributed by atoms with van der Waals surface area (Å²) in [6.45, 7) is 2.66. The van der Waals surface area contributed by atoms with E-state index in [1.54, 1.807) is 0 Å². The van der Waals surface area contributed by atoms with Crippen molar-refractivity contribution in [1.82, 2.24) is 4.90 Å². The second-order valence-corrected chi connectivity index (χ2v) is 7.76. The fraction of sp³-hybridized carbons (Fsp3) is 0.381. The lowest BCUT2D eigenvalue weighted by atomic mass is 9.98. The molecular formula is C21H25NO2S. The Morgan fingerprint density at radius 2 is 1.68 bits per heavy atom. The number of hydrogen-bond donors (Lipinski definition) is 1. The number of rotatable bonds is 7. The third-order valence-electron chi connectivity index (χ3n) is 4.75. The average molecular weight is 356 g/mol. The highest BCUT2D eigenvalue weighted by Crippen LogP contribution is 2.35. The molecule has 0 radical (unpaired) electrons. The van der Waals surface area contributed by atoms with Gasteiger partial charge in [0.25, 0.3) is 0 Å². The highest BCUT2D eigenvalue weighted by molar-refractivity contribution is 7.99. The Morgan fingerprint density at radius 1 is 1.08 bits per heavy atom. The van der Waals surface area contributed by atoms with Crippen molar-refractivity contribution in [2.75, 3.05) is 25.4 Å². The van der Waals surface area contributed by atoms with E-state index in [-0.39, 0.29) is 5.92 Å². The first-order valence-electron chi connectivity index (χ1n) is 8.90. The molecule has 3 rings (SSSR count). The van der Waals surface area contributed by atoms with Gasteiger partial charge in [-0.05, 0) is 30.5 Å². The number of carboxylic acid groups (broad SMARTS) is 1. The molecule has 1 atom stereocenters. The smallest absolute Gasteiger partial charge is 0.307 e. The lowest BCUT2D eigenvalue weighted by Crippen LogP contribution is -2.39. The van der Waals surface area contributed by atoms with E-state index < -0.39 is 5.97 Å². The van der Waals surface area contributed by atoms with Crippen LogP contribution < -0.4 is 0 Å². The number of piperidine rings is 1. The number of aliphatic carboxylic acids is 1. The van der Waals surface area contributed by atoms with Gasteiger partial charge in [0.15, 0.2) is 0 Å². The van der Waals surface area contributed by atoms with E-state index in [0.717, 1.165) is 31.7 Å². The van der Waals surface area contributed by atoms with Crippen molar-refractivity contribution in [3.8, 4) is 0 Å². The van der Waals surface area contributed by atoms with Crippen LogP contribution in [0, 0.1) is 5.92 Å². The van der Waals surface area contributed by atoms with Crippen LogP contribution in [0.2, 0.25) is 0 Å². The van der Waals surface area contributed by atoms with Gasteiger partial charge >= 0.3 is 5.97 Å². The molecular weight excluding hydrogens is 330 g/mol. The minimum Gasteiger partial charge on any atom is -0.481 e. The molecule has 0 aromatic heterocycles. The van der Waals surface area contributed by atoms with Gasteiger partial charge in [-0.25, -0.2) is 0 Å². The zero-order valence-corrected chi connectivity index (χ0v) is 15.2. The van der Waals surface area contributed by atoms with Gasteiger partial charge in [0.05, 0.1) is 11.2 Å². The van der Waals surface area contributed by atoms with Crippen LogP contribution in [0.15, 0.2) is 60.7 Å². The van der Waals surface area contributed by atoms with Gasteiger partial charge < -0.3 is 10.0 Å². The van der Waals surface area contributed by atoms with E-state index in [2.05, 4.69) is 65.6 Å². The standard InChI is InChI=1S/C21H25NO2S/c23-21(24)19-12-7-13-22(16-19)14-15-25-20(17-8-3-1-4-9-17)18-10-5-2-6-11-18/h1-6,8-11,19-20H,7,12-16H2,(H,23,24)/t19-/m1/s1. The second-order valence-electron chi connectivity index (χ2n) is 6.55. The van der Waals surface area contributed by atoms with E-state index >= 15 is 0 Å². The van der Waals surface area contributed by atoms with Crippen LogP contribution >= 0.6 is 11.8 Å². The van der Waals surface area contributed by atoms with Gasteiger partial charge in [-0.3, -0.25) is 4.79 Å². The van der Waals surface area contributed by atoms with Crippen LogP contribution in [0.4, 0.5) is 0 Å². The van der Waals surface area contributed by atoms with Crippen LogP contribution in [0.25, 0.3) is 0 Å². The minimum absolute atomic E-state index is 0.196. The fourth-order valence-electron chi connectivity index (χ4n) is 3.40. The quantitative estimate of drug-likeness (QED) is 0.804. The summed E-state index contributed by atoms with van der Waals surface area (Å²) in [4.78, 5) is 13.5. The van der Waals surface area contributed by atoms with Crippen LogP contribution in [-0.2, 0) is 4.79 Å². The van der Waals surface area contributed by atoms with Crippen LogP contribution in [0.1, 0.15) is 29.2 Å². The first-order chi connectivity index (χ1) is 12.2. The van der Waals surface area contributed by atoms with Gasteiger partial charge in [0.1, 0.15) is 0 Å². The molecule has 0 unspecified atom stereocenters. The molecule has 2 aromatic carbocycles. The molecule has 1 fully saturated rings.